The average molecular weight is 574 g/mol. The van der Waals surface area contributed by atoms with Crippen molar-refractivity contribution in [2.24, 2.45) is 11.7 Å². The van der Waals surface area contributed by atoms with Crippen LogP contribution in [0.4, 0.5) is 0 Å². The Morgan fingerprint density at radius 3 is 2.15 bits per heavy atom. The van der Waals surface area contributed by atoms with Crippen molar-refractivity contribution in [1.82, 2.24) is 0 Å². The fourth-order valence-electron chi connectivity index (χ4n) is 4.42. The zero-order valence-electron chi connectivity index (χ0n) is 22.9. The molecule has 0 bridgehead atoms. The molecule has 3 rings (SSSR count). The predicted octanol–water partition coefficient (Wildman–Crippen LogP) is 3.40. The summed E-state index contributed by atoms with van der Waals surface area (Å²) in [7, 11) is 0. The molecule has 1 aliphatic heterocycles. The lowest BCUT2D eigenvalue weighted by atomic mass is 9.85. The molecule has 1 fully saturated rings. The van der Waals surface area contributed by atoms with E-state index in [4.69, 9.17) is 29.4 Å². The summed E-state index contributed by atoms with van der Waals surface area (Å²) >= 11 is 1.12. The summed E-state index contributed by atoms with van der Waals surface area (Å²) < 4.78 is 28.4. The Morgan fingerprint density at radius 1 is 0.950 bits per heavy atom. The van der Waals surface area contributed by atoms with Crippen LogP contribution in [0, 0.1) is 5.92 Å². The van der Waals surface area contributed by atoms with Crippen molar-refractivity contribution in [3.8, 4) is 0 Å². The Morgan fingerprint density at radius 2 is 1.57 bits per heavy atom. The summed E-state index contributed by atoms with van der Waals surface area (Å²) in [5.41, 5.74) is 7.34. The molecular weight excluding hydrogens is 538 g/mol. The third kappa shape index (κ3) is 8.54. The van der Waals surface area contributed by atoms with E-state index in [1.165, 1.54) is 20.8 Å². The van der Waals surface area contributed by atoms with E-state index < -0.39 is 59.1 Å². The minimum atomic E-state index is -1.67. The molecule has 2 aromatic carbocycles. The third-order valence-corrected chi connectivity index (χ3v) is 7.61. The normalized spacial score (nSPS) is 23.8. The smallest absolute Gasteiger partial charge is 0.349 e. The lowest BCUT2D eigenvalue weighted by Gasteiger charge is -2.47. The Balaban J connectivity index is 2.01. The lowest BCUT2D eigenvalue weighted by molar-refractivity contribution is -0.204. The van der Waals surface area contributed by atoms with E-state index in [9.17, 15) is 19.2 Å². The van der Waals surface area contributed by atoms with Crippen molar-refractivity contribution in [3.63, 3.8) is 0 Å². The zero-order valence-corrected chi connectivity index (χ0v) is 23.8. The van der Waals surface area contributed by atoms with Gasteiger partial charge < -0.3 is 29.4 Å². The summed E-state index contributed by atoms with van der Waals surface area (Å²) in [6, 6.07) is 17.4. The quantitative estimate of drug-likeness (QED) is 0.312. The predicted molar refractivity (Wildman–Crippen MR) is 146 cm³/mol. The van der Waals surface area contributed by atoms with Crippen molar-refractivity contribution >= 4 is 35.6 Å². The number of benzene rings is 2. The van der Waals surface area contributed by atoms with E-state index in [0.29, 0.717) is 4.90 Å². The topological polar surface area (TPSA) is 140 Å². The van der Waals surface area contributed by atoms with Gasteiger partial charge in [0.25, 0.3) is 0 Å². The molecule has 40 heavy (non-hydrogen) atoms. The molecule has 0 radical (unpaired) electrons. The average Bonchev–Trinajstić information content (AvgIpc) is 2.91. The van der Waals surface area contributed by atoms with Crippen LogP contribution in [0.15, 0.2) is 65.6 Å². The third-order valence-electron chi connectivity index (χ3n) is 6.34. The SMILES string of the molecule is CC(=O)OC[C@@H](OC(C)=O)[C@@H](C)C1O[C@](Sc2ccccc2)(C(=O)OCc2ccccc2)CC(OC(C)=O)[C@H]1N. The van der Waals surface area contributed by atoms with Crippen molar-refractivity contribution in [1.29, 1.82) is 0 Å². The van der Waals surface area contributed by atoms with E-state index in [2.05, 4.69) is 0 Å². The fraction of sp³-hybridized carbons (Fsp3) is 0.448. The maximum Gasteiger partial charge on any atom is 0.349 e. The van der Waals surface area contributed by atoms with Gasteiger partial charge in [-0.05, 0) is 17.7 Å². The first kappa shape index (κ1) is 31.1. The van der Waals surface area contributed by atoms with Crippen molar-refractivity contribution in [2.45, 2.75) is 74.9 Å². The first-order valence-corrected chi connectivity index (χ1v) is 13.7. The van der Waals surface area contributed by atoms with E-state index in [1.807, 2.05) is 60.7 Å². The van der Waals surface area contributed by atoms with Gasteiger partial charge in [0.1, 0.15) is 25.4 Å². The van der Waals surface area contributed by atoms with Gasteiger partial charge in [0.05, 0.1) is 12.1 Å². The highest BCUT2D eigenvalue weighted by Gasteiger charge is 2.56. The second-order valence-electron chi connectivity index (χ2n) is 9.55. The van der Waals surface area contributed by atoms with Crippen LogP contribution in [-0.2, 0) is 49.5 Å². The molecule has 2 aromatic rings. The standard InChI is InChI=1S/C29H35NO9S/c1-18(25(38-21(4)33)17-35-19(2)31)27-26(30)24(37-20(3)32)15-29(39-27,40-23-13-9-6-10-14-23)28(34)36-16-22-11-7-5-8-12-22/h5-14,18,24-27H,15-17,30H2,1-4H3/t18-,24?,25-,26-,27?,29-/m1/s1. The van der Waals surface area contributed by atoms with Gasteiger partial charge in [0.2, 0.25) is 4.93 Å². The first-order valence-electron chi connectivity index (χ1n) is 12.9. The molecule has 1 aliphatic rings. The van der Waals surface area contributed by atoms with E-state index >= 15 is 0 Å². The first-order chi connectivity index (χ1) is 19.0. The van der Waals surface area contributed by atoms with Gasteiger partial charge in [0.15, 0.2) is 0 Å². The molecule has 0 amide bonds. The number of ether oxygens (including phenoxy) is 5. The molecule has 0 aromatic heterocycles. The van der Waals surface area contributed by atoms with Crippen LogP contribution < -0.4 is 5.73 Å². The number of nitrogens with two attached hydrogens (primary N) is 1. The van der Waals surface area contributed by atoms with Gasteiger partial charge >= 0.3 is 23.9 Å². The number of hydrogen-bond donors (Lipinski definition) is 1. The molecule has 11 heteroatoms. The maximum atomic E-state index is 13.9. The van der Waals surface area contributed by atoms with Crippen LogP contribution in [-0.4, -0.2) is 59.8 Å². The van der Waals surface area contributed by atoms with Crippen molar-refractivity contribution in [3.05, 3.63) is 66.2 Å². The van der Waals surface area contributed by atoms with Gasteiger partial charge in [-0.1, -0.05) is 67.2 Å². The van der Waals surface area contributed by atoms with E-state index in [-0.39, 0.29) is 19.6 Å². The van der Waals surface area contributed by atoms with Crippen molar-refractivity contribution < 1.29 is 42.9 Å². The van der Waals surface area contributed by atoms with Gasteiger partial charge in [0, 0.05) is 38.0 Å². The second kappa shape index (κ2) is 14.3. The molecule has 6 atom stereocenters. The summed E-state index contributed by atoms with van der Waals surface area (Å²) in [6.07, 6.45) is -2.95. The van der Waals surface area contributed by atoms with Gasteiger partial charge in [-0.3, -0.25) is 14.4 Å². The summed E-state index contributed by atoms with van der Waals surface area (Å²) in [6.45, 7) is 5.16. The van der Waals surface area contributed by atoms with Crippen LogP contribution in [0.1, 0.15) is 39.7 Å². The number of carbonyl (C=O) groups excluding carboxylic acids is 4. The minimum Gasteiger partial charge on any atom is -0.462 e. The molecule has 0 saturated carbocycles. The van der Waals surface area contributed by atoms with Crippen LogP contribution in [0.25, 0.3) is 0 Å². The Hall–Kier alpha value is -3.41. The highest BCUT2D eigenvalue weighted by molar-refractivity contribution is 8.01. The summed E-state index contributed by atoms with van der Waals surface area (Å²) in [5.74, 6) is -3.11. The number of esters is 4. The van der Waals surface area contributed by atoms with Crippen LogP contribution in [0.2, 0.25) is 0 Å². The number of carbonyl (C=O) groups is 4. The zero-order chi connectivity index (χ0) is 29.3. The Labute approximate surface area is 237 Å². The Kier molecular flexibility index (Phi) is 11.1. The highest BCUT2D eigenvalue weighted by Crippen LogP contribution is 2.46. The van der Waals surface area contributed by atoms with E-state index in [1.54, 1.807) is 6.92 Å². The number of thioether (sulfide) groups is 1. The van der Waals surface area contributed by atoms with Gasteiger partial charge in [-0.25, -0.2) is 4.79 Å². The molecule has 2 N–H and O–H groups in total. The summed E-state index contributed by atoms with van der Waals surface area (Å²) in [4.78, 5) is 48.4. The summed E-state index contributed by atoms with van der Waals surface area (Å²) in [5, 5.41) is 0. The second-order valence-corrected chi connectivity index (χ2v) is 10.9. The molecular formula is C29H35NO9S. The monoisotopic (exact) mass is 573 g/mol. The molecule has 2 unspecified atom stereocenters. The fourth-order valence-corrected chi connectivity index (χ4v) is 5.64. The van der Waals surface area contributed by atoms with Crippen LogP contribution in [0.5, 0.6) is 0 Å². The van der Waals surface area contributed by atoms with E-state index in [0.717, 1.165) is 17.3 Å². The van der Waals surface area contributed by atoms with Crippen molar-refractivity contribution in [2.75, 3.05) is 6.61 Å². The molecule has 0 spiro atoms. The Bertz CT molecular complexity index is 1160. The molecule has 0 aliphatic carbocycles. The minimum absolute atomic E-state index is 0.00678. The maximum absolute atomic E-state index is 13.9. The van der Waals surface area contributed by atoms with Crippen LogP contribution >= 0.6 is 11.8 Å². The largest absolute Gasteiger partial charge is 0.462 e. The van der Waals surface area contributed by atoms with Crippen LogP contribution in [0.3, 0.4) is 0 Å². The van der Waals surface area contributed by atoms with Gasteiger partial charge in [-0.15, -0.1) is 0 Å². The molecule has 1 heterocycles. The molecule has 1 saturated heterocycles. The van der Waals surface area contributed by atoms with Gasteiger partial charge in [-0.2, -0.15) is 0 Å². The number of hydrogen-bond acceptors (Lipinski definition) is 11. The highest BCUT2D eigenvalue weighted by atomic mass is 32.2. The molecule has 216 valence electrons. The molecule has 10 nitrogen and oxygen atoms in total. The lowest BCUT2D eigenvalue weighted by Crippen LogP contribution is -2.64. The number of rotatable bonds is 11.